The molecule has 94 valence electrons. The molecule has 0 saturated carbocycles. The van der Waals surface area contributed by atoms with Crippen molar-refractivity contribution in [3.05, 3.63) is 29.8 Å². The van der Waals surface area contributed by atoms with Crippen molar-refractivity contribution in [1.82, 2.24) is 0 Å². The summed E-state index contributed by atoms with van der Waals surface area (Å²) < 4.78 is 5.06. The Kier molecular flexibility index (Phi) is 6.15. The van der Waals surface area contributed by atoms with Crippen LogP contribution in [0.2, 0.25) is 0 Å². The van der Waals surface area contributed by atoms with Gasteiger partial charge in [0.15, 0.2) is 0 Å². The molecule has 0 bridgehead atoms. The van der Waals surface area contributed by atoms with Crippen LogP contribution in [0.5, 0.6) is 0 Å². The number of hydrogen-bond acceptors (Lipinski definition) is 3. The van der Waals surface area contributed by atoms with E-state index in [1.165, 1.54) is 5.56 Å². The van der Waals surface area contributed by atoms with Crippen LogP contribution in [0.25, 0.3) is 0 Å². The Labute approximate surface area is 103 Å². The average molecular weight is 235 g/mol. The Morgan fingerprint density at radius 1 is 1.29 bits per heavy atom. The molecule has 0 aromatic heterocycles. The lowest BCUT2D eigenvalue weighted by atomic mass is 10.2. The number of nitrogens with one attached hydrogen (secondary N) is 1. The van der Waals surface area contributed by atoms with Gasteiger partial charge in [-0.1, -0.05) is 31.0 Å². The summed E-state index contributed by atoms with van der Waals surface area (Å²) in [5.74, 6) is -0.127. The number of carbonyl (C=O) groups excluding carboxylic acids is 1. The molecule has 0 saturated heterocycles. The monoisotopic (exact) mass is 235 g/mol. The van der Waals surface area contributed by atoms with E-state index in [1.54, 1.807) is 0 Å². The largest absolute Gasteiger partial charge is 0.466 e. The lowest BCUT2D eigenvalue weighted by molar-refractivity contribution is -0.143. The molecule has 0 heterocycles. The van der Waals surface area contributed by atoms with Crippen molar-refractivity contribution in [3.63, 3.8) is 0 Å². The highest BCUT2D eigenvalue weighted by Gasteiger charge is 2.01. The minimum absolute atomic E-state index is 0.127. The van der Waals surface area contributed by atoms with E-state index < -0.39 is 0 Å². The molecule has 0 aliphatic heterocycles. The standard InChI is InChI=1S/C14H21NO2/c1-3-4-11-17-14(16)9-10-15-13-7-5-12(2)6-8-13/h5-8,15H,3-4,9-11H2,1-2H3. The summed E-state index contributed by atoms with van der Waals surface area (Å²) in [7, 11) is 0. The van der Waals surface area contributed by atoms with Gasteiger partial charge < -0.3 is 10.1 Å². The SMILES string of the molecule is CCCCOC(=O)CCNc1ccc(C)cc1. The minimum Gasteiger partial charge on any atom is -0.466 e. The Morgan fingerprint density at radius 3 is 2.65 bits per heavy atom. The summed E-state index contributed by atoms with van der Waals surface area (Å²) in [6.07, 6.45) is 2.41. The molecule has 1 N–H and O–H groups in total. The zero-order valence-electron chi connectivity index (χ0n) is 10.7. The Balaban J connectivity index is 2.14. The van der Waals surface area contributed by atoms with Gasteiger partial charge in [0.05, 0.1) is 13.0 Å². The number of ether oxygens (including phenoxy) is 1. The Morgan fingerprint density at radius 2 is 2.00 bits per heavy atom. The lowest BCUT2D eigenvalue weighted by Gasteiger charge is -2.07. The fourth-order valence-corrected chi connectivity index (χ4v) is 1.38. The highest BCUT2D eigenvalue weighted by Crippen LogP contribution is 2.08. The van der Waals surface area contributed by atoms with Gasteiger partial charge in [0.25, 0.3) is 0 Å². The minimum atomic E-state index is -0.127. The molecule has 17 heavy (non-hydrogen) atoms. The number of anilines is 1. The van der Waals surface area contributed by atoms with E-state index in [-0.39, 0.29) is 5.97 Å². The predicted molar refractivity (Wildman–Crippen MR) is 70.2 cm³/mol. The summed E-state index contributed by atoms with van der Waals surface area (Å²) in [6.45, 7) is 5.29. The summed E-state index contributed by atoms with van der Waals surface area (Å²) in [5, 5.41) is 3.19. The molecule has 0 aliphatic rings. The normalized spacial score (nSPS) is 10.0. The first-order valence-electron chi connectivity index (χ1n) is 6.18. The summed E-state index contributed by atoms with van der Waals surface area (Å²) in [5.41, 5.74) is 2.27. The van der Waals surface area contributed by atoms with Crippen molar-refractivity contribution >= 4 is 11.7 Å². The maximum Gasteiger partial charge on any atom is 0.307 e. The van der Waals surface area contributed by atoms with Crippen LogP contribution in [0, 0.1) is 6.92 Å². The van der Waals surface area contributed by atoms with Gasteiger partial charge in [0, 0.05) is 12.2 Å². The predicted octanol–water partition coefficient (Wildman–Crippen LogP) is 3.14. The highest BCUT2D eigenvalue weighted by atomic mass is 16.5. The smallest absolute Gasteiger partial charge is 0.307 e. The number of aryl methyl sites for hydroxylation is 1. The molecule has 0 radical (unpaired) electrons. The maximum atomic E-state index is 11.3. The molecular weight excluding hydrogens is 214 g/mol. The molecule has 1 rings (SSSR count). The van der Waals surface area contributed by atoms with Gasteiger partial charge in [-0.25, -0.2) is 0 Å². The third-order valence-electron chi connectivity index (χ3n) is 2.47. The van der Waals surface area contributed by atoms with E-state index in [1.807, 2.05) is 24.3 Å². The molecule has 1 aromatic rings. The van der Waals surface area contributed by atoms with Crippen molar-refractivity contribution in [2.24, 2.45) is 0 Å². The summed E-state index contributed by atoms with van der Waals surface area (Å²) >= 11 is 0. The van der Waals surface area contributed by atoms with Crippen LogP contribution < -0.4 is 5.32 Å². The van der Waals surface area contributed by atoms with E-state index in [0.717, 1.165) is 18.5 Å². The van der Waals surface area contributed by atoms with E-state index in [4.69, 9.17) is 4.74 Å². The van der Waals surface area contributed by atoms with Crippen LogP contribution in [0.3, 0.4) is 0 Å². The van der Waals surface area contributed by atoms with Crippen molar-refractivity contribution in [3.8, 4) is 0 Å². The van der Waals surface area contributed by atoms with Crippen LogP contribution in [-0.2, 0) is 9.53 Å². The second kappa shape index (κ2) is 7.71. The summed E-state index contributed by atoms with van der Waals surface area (Å²) in [4.78, 5) is 11.3. The molecule has 0 atom stereocenters. The van der Waals surface area contributed by atoms with E-state index >= 15 is 0 Å². The Hall–Kier alpha value is -1.51. The summed E-state index contributed by atoms with van der Waals surface area (Å²) in [6, 6.07) is 8.11. The fraction of sp³-hybridized carbons (Fsp3) is 0.500. The zero-order chi connectivity index (χ0) is 12.5. The first kappa shape index (κ1) is 13.6. The number of hydrogen-bond donors (Lipinski definition) is 1. The van der Waals surface area contributed by atoms with Gasteiger partial charge in [-0.05, 0) is 25.5 Å². The van der Waals surface area contributed by atoms with Crippen molar-refractivity contribution in [1.29, 1.82) is 0 Å². The molecule has 3 heteroatoms. The van der Waals surface area contributed by atoms with E-state index in [0.29, 0.717) is 19.6 Å². The number of esters is 1. The highest BCUT2D eigenvalue weighted by molar-refractivity contribution is 5.70. The molecular formula is C14H21NO2. The topological polar surface area (TPSA) is 38.3 Å². The lowest BCUT2D eigenvalue weighted by Crippen LogP contribution is -2.12. The van der Waals surface area contributed by atoms with Crippen LogP contribution in [0.15, 0.2) is 24.3 Å². The van der Waals surface area contributed by atoms with E-state index in [2.05, 4.69) is 19.2 Å². The average Bonchev–Trinajstić information content (AvgIpc) is 2.32. The molecule has 3 nitrogen and oxygen atoms in total. The quantitative estimate of drug-likeness (QED) is 0.583. The van der Waals surface area contributed by atoms with Crippen LogP contribution in [0.1, 0.15) is 31.7 Å². The van der Waals surface area contributed by atoms with Crippen LogP contribution in [-0.4, -0.2) is 19.1 Å². The molecule has 0 aliphatic carbocycles. The molecule has 0 unspecified atom stereocenters. The van der Waals surface area contributed by atoms with Gasteiger partial charge in [0.2, 0.25) is 0 Å². The Bertz CT molecular complexity index is 333. The zero-order valence-corrected chi connectivity index (χ0v) is 10.7. The third kappa shape index (κ3) is 5.95. The molecule has 0 amide bonds. The van der Waals surface area contributed by atoms with Gasteiger partial charge in [-0.15, -0.1) is 0 Å². The molecule has 0 spiro atoms. The third-order valence-corrected chi connectivity index (χ3v) is 2.47. The fourth-order valence-electron chi connectivity index (χ4n) is 1.38. The number of benzene rings is 1. The van der Waals surface area contributed by atoms with Crippen LogP contribution in [0.4, 0.5) is 5.69 Å². The van der Waals surface area contributed by atoms with Gasteiger partial charge in [-0.3, -0.25) is 4.79 Å². The van der Waals surface area contributed by atoms with Crippen molar-refractivity contribution in [2.75, 3.05) is 18.5 Å². The second-order valence-electron chi connectivity index (χ2n) is 4.12. The first-order valence-corrected chi connectivity index (χ1v) is 6.18. The number of unbranched alkanes of at least 4 members (excludes halogenated alkanes) is 1. The first-order chi connectivity index (χ1) is 8.22. The van der Waals surface area contributed by atoms with Crippen molar-refractivity contribution in [2.45, 2.75) is 33.1 Å². The van der Waals surface area contributed by atoms with Gasteiger partial charge >= 0.3 is 5.97 Å². The number of rotatable bonds is 7. The van der Waals surface area contributed by atoms with Crippen molar-refractivity contribution < 1.29 is 9.53 Å². The second-order valence-corrected chi connectivity index (χ2v) is 4.12. The maximum absolute atomic E-state index is 11.3. The molecule has 1 aromatic carbocycles. The van der Waals surface area contributed by atoms with Crippen LogP contribution >= 0.6 is 0 Å². The van der Waals surface area contributed by atoms with Gasteiger partial charge in [-0.2, -0.15) is 0 Å². The molecule has 0 fully saturated rings. The van der Waals surface area contributed by atoms with Gasteiger partial charge in [0.1, 0.15) is 0 Å². The van der Waals surface area contributed by atoms with E-state index in [9.17, 15) is 4.79 Å². The number of carbonyl (C=O) groups is 1.